The van der Waals surface area contributed by atoms with Crippen LogP contribution >= 0.6 is 11.6 Å². The van der Waals surface area contributed by atoms with Gasteiger partial charge in [0.2, 0.25) is 0 Å². The second kappa shape index (κ2) is 5.83. The topological polar surface area (TPSA) is 16.1 Å². The fourth-order valence-corrected chi connectivity index (χ4v) is 2.09. The van der Waals surface area contributed by atoms with E-state index in [2.05, 4.69) is 4.98 Å². The van der Waals surface area contributed by atoms with Gasteiger partial charge in [0.25, 0.3) is 0 Å². The van der Waals surface area contributed by atoms with E-state index in [1.807, 2.05) is 30.0 Å². The number of alkyl halides is 1. The first kappa shape index (κ1) is 12.8. The van der Waals surface area contributed by atoms with Crippen LogP contribution < -0.4 is 4.90 Å². The maximum Gasteiger partial charge on any atom is 0.146 e. The van der Waals surface area contributed by atoms with Crippen LogP contribution in [0.5, 0.6) is 0 Å². The zero-order chi connectivity index (χ0) is 13.0. The maximum atomic E-state index is 13.8. The summed E-state index contributed by atoms with van der Waals surface area (Å²) in [5, 5.41) is 0. The third-order valence-electron chi connectivity index (χ3n) is 2.73. The van der Waals surface area contributed by atoms with Crippen LogP contribution in [0.1, 0.15) is 12.5 Å². The number of hydrogen-bond donors (Lipinski definition) is 0. The molecule has 18 heavy (non-hydrogen) atoms. The molecule has 0 aliphatic rings. The smallest absolute Gasteiger partial charge is 0.146 e. The number of halogens is 2. The number of nitrogens with zero attached hydrogens (tertiary/aromatic N) is 2. The van der Waals surface area contributed by atoms with Gasteiger partial charge in [-0.15, -0.1) is 11.6 Å². The molecule has 0 bridgehead atoms. The first-order valence-electron chi connectivity index (χ1n) is 5.79. The van der Waals surface area contributed by atoms with Crippen molar-refractivity contribution in [1.29, 1.82) is 0 Å². The Morgan fingerprint density at radius 2 is 2.00 bits per heavy atom. The van der Waals surface area contributed by atoms with Gasteiger partial charge in [-0.05, 0) is 25.1 Å². The SMILES string of the molecule is CCN(c1ccccc1F)c1ncccc1CCl. The molecule has 0 aliphatic carbocycles. The Hall–Kier alpha value is -1.61. The molecule has 0 radical (unpaired) electrons. The average Bonchev–Trinajstić information content (AvgIpc) is 2.42. The van der Waals surface area contributed by atoms with E-state index >= 15 is 0 Å². The number of benzene rings is 1. The molecular weight excluding hydrogens is 251 g/mol. The Kier molecular flexibility index (Phi) is 4.15. The van der Waals surface area contributed by atoms with Gasteiger partial charge in [-0.3, -0.25) is 0 Å². The number of anilines is 2. The summed E-state index contributed by atoms with van der Waals surface area (Å²) in [4.78, 5) is 6.14. The summed E-state index contributed by atoms with van der Waals surface area (Å²) in [6.45, 7) is 2.58. The van der Waals surface area contributed by atoms with Crippen molar-refractivity contribution in [3.63, 3.8) is 0 Å². The van der Waals surface area contributed by atoms with Gasteiger partial charge in [-0.2, -0.15) is 0 Å². The lowest BCUT2D eigenvalue weighted by Gasteiger charge is -2.24. The van der Waals surface area contributed by atoms with Crippen LogP contribution in [0.3, 0.4) is 0 Å². The van der Waals surface area contributed by atoms with E-state index in [0.29, 0.717) is 23.9 Å². The Morgan fingerprint density at radius 1 is 1.22 bits per heavy atom. The average molecular weight is 265 g/mol. The van der Waals surface area contributed by atoms with Crippen LogP contribution in [0.25, 0.3) is 0 Å². The van der Waals surface area contributed by atoms with Gasteiger partial charge in [0, 0.05) is 18.3 Å². The van der Waals surface area contributed by atoms with Gasteiger partial charge in [0.05, 0.1) is 11.6 Å². The number of rotatable bonds is 4. The molecule has 0 aliphatic heterocycles. The molecule has 1 aromatic heterocycles. The molecule has 94 valence electrons. The highest BCUT2D eigenvalue weighted by Gasteiger charge is 2.15. The van der Waals surface area contributed by atoms with Gasteiger partial charge in [0.1, 0.15) is 11.6 Å². The summed E-state index contributed by atoms with van der Waals surface area (Å²) in [5.41, 5.74) is 1.41. The predicted octanol–water partition coefficient (Wildman–Crippen LogP) is 4.12. The lowest BCUT2D eigenvalue weighted by Crippen LogP contribution is -2.20. The zero-order valence-electron chi connectivity index (χ0n) is 10.1. The summed E-state index contributed by atoms with van der Waals surface area (Å²) in [5.74, 6) is 0.805. The second-order valence-electron chi connectivity index (χ2n) is 3.82. The molecular formula is C14H14ClFN2. The fraction of sp³-hybridized carbons (Fsp3) is 0.214. The molecule has 0 N–H and O–H groups in total. The molecule has 2 rings (SSSR count). The number of para-hydroxylation sites is 1. The van der Waals surface area contributed by atoms with Gasteiger partial charge in [-0.25, -0.2) is 9.37 Å². The van der Waals surface area contributed by atoms with Crippen molar-refractivity contribution >= 4 is 23.1 Å². The van der Waals surface area contributed by atoms with E-state index in [4.69, 9.17) is 11.6 Å². The normalized spacial score (nSPS) is 10.4. The summed E-state index contributed by atoms with van der Waals surface area (Å²) < 4.78 is 13.8. The minimum Gasteiger partial charge on any atom is -0.324 e. The van der Waals surface area contributed by atoms with Crippen LogP contribution in [0.2, 0.25) is 0 Å². The van der Waals surface area contributed by atoms with Crippen molar-refractivity contribution in [2.45, 2.75) is 12.8 Å². The highest BCUT2D eigenvalue weighted by molar-refractivity contribution is 6.17. The minimum absolute atomic E-state index is 0.259. The van der Waals surface area contributed by atoms with E-state index in [-0.39, 0.29) is 5.82 Å². The molecule has 2 nitrogen and oxygen atoms in total. The summed E-state index contributed by atoms with van der Waals surface area (Å²) in [6.07, 6.45) is 1.69. The van der Waals surface area contributed by atoms with Crippen molar-refractivity contribution < 1.29 is 4.39 Å². The van der Waals surface area contributed by atoms with E-state index in [0.717, 1.165) is 5.56 Å². The van der Waals surface area contributed by atoms with E-state index < -0.39 is 0 Å². The van der Waals surface area contributed by atoms with Crippen LogP contribution in [-0.4, -0.2) is 11.5 Å². The quantitative estimate of drug-likeness (QED) is 0.773. The molecule has 4 heteroatoms. The molecule has 0 amide bonds. The maximum absolute atomic E-state index is 13.8. The first-order valence-corrected chi connectivity index (χ1v) is 6.33. The molecule has 1 heterocycles. The molecule has 0 fully saturated rings. The molecule has 0 atom stereocenters. The van der Waals surface area contributed by atoms with Crippen molar-refractivity contribution in [3.05, 3.63) is 54.0 Å². The number of hydrogen-bond acceptors (Lipinski definition) is 2. The molecule has 0 spiro atoms. The molecule has 0 unspecified atom stereocenters. The Balaban J connectivity index is 2.49. The molecule has 0 saturated heterocycles. The Morgan fingerprint density at radius 3 is 2.67 bits per heavy atom. The Labute approximate surface area is 111 Å². The third-order valence-corrected chi connectivity index (χ3v) is 3.01. The van der Waals surface area contributed by atoms with Gasteiger partial charge >= 0.3 is 0 Å². The fourth-order valence-electron chi connectivity index (χ4n) is 1.88. The zero-order valence-corrected chi connectivity index (χ0v) is 10.9. The Bertz CT molecular complexity index is 531. The molecule has 0 saturated carbocycles. The summed E-state index contributed by atoms with van der Waals surface area (Å²) in [7, 11) is 0. The van der Waals surface area contributed by atoms with Crippen molar-refractivity contribution in [1.82, 2.24) is 4.98 Å². The number of aromatic nitrogens is 1. The van der Waals surface area contributed by atoms with Gasteiger partial charge < -0.3 is 4.90 Å². The first-order chi connectivity index (χ1) is 8.77. The van der Waals surface area contributed by atoms with E-state index in [1.54, 1.807) is 18.3 Å². The van der Waals surface area contributed by atoms with Crippen LogP contribution in [0.15, 0.2) is 42.6 Å². The highest BCUT2D eigenvalue weighted by atomic mass is 35.5. The second-order valence-corrected chi connectivity index (χ2v) is 4.08. The van der Waals surface area contributed by atoms with Crippen LogP contribution in [0, 0.1) is 5.82 Å². The molecule has 1 aromatic carbocycles. The van der Waals surface area contributed by atoms with Crippen LogP contribution in [-0.2, 0) is 5.88 Å². The highest BCUT2D eigenvalue weighted by Crippen LogP contribution is 2.28. The minimum atomic E-state index is -0.259. The largest absolute Gasteiger partial charge is 0.324 e. The predicted molar refractivity (Wildman–Crippen MR) is 72.9 cm³/mol. The van der Waals surface area contributed by atoms with E-state index in [1.165, 1.54) is 6.07 Å². The summed E-state index contributed by atoms with van der Waals surface area (Å²) in [6, 6.07) is 10.4. The van der Waals surface area contributed by atoms with E-state index in [9.17, 15) is 4.39 Å². The molecule has 2 aromatic rings. The van der Waals surface area contributed by atoms with Gasteiger partial charge in [-0.1, -0.05) is 18.2 Å². The monoisotopic (exact) mass is 264 g/mol. The number of pyridine rings is 1. The standard InChI is InChI=1S/C14H14ClFN2/c1-2-18(13-8-4-3-7-12(13)16)14-11(10-15)6-5-9-17-14/h3-9H,2,10H2,1H3. The van der Waals surface area contributed by atoms with Crippen molar-refractivity contribution in [3.8, 4) is 0 Å². The van der Waals surface area contributed by atoms with Crippen molar-refractivity contribution in [2.75, 3.05) is 11.4 Å². The third kappa shape index (κ3) is 2.46. The van der Waals surface area contributed by atoms with Crippen molar-refractivity contribution in [2.24, 2.45) is 0 Å². The lowest BCUT2D eigenvalue weighted by atomic mass is 10.2. The van der Waals surface area contributed by atoms with Crippen LogP contribution in [0.4, 0.5) is 15.9 Å². The van der Waals surface area contributed by atoms with Gasteiger partial charge in [0.15, 0.2) is 0 Å². The summed E-state index contributed by atoms with van der Waals surface area (Å²) >= 11 is 5.90. The lowest BCUT2D eigenvalue weighted by molar-refractivity contribution is 0.625.